The summed E-state index contributed by atoms with van der Waals surface area (Å²) < 4.78 is 0. The molecule has 1 aliphatic carbocycles. The van der Waals surface area contributed by atoms with Gasteiger partial charge >= 0.3 is 0 Å². The number of H-pyrrole nitrogens is 1. The highest BCUT2D eigenvalue weighted by Gasteiger charge is 2.58. The topological polar surface area (TPSA) is 73.9 Å². The Morgan fingerprint density at radius 1 is 1.47 bits per heavy atom. The number of nitrogens with one attached hydrogen (secondary N) is 2. The maximum Gasteiger partial charge on any atom is 0.226 e. The van der Waals surface area contributed by atoms with Crippen molar-refractivity contribution in [2.75, 3.05) is 20.1 Å². The lowest BCUT2D eigenvalue weighted by Crippen LogP contribution is -2.34. The van der Waals surface area contributed by atoms with E-state index in [0.29, 0.717) is 17.8 Å². The van der Waals surface area contributed by atoms with E-state index < -0.39 is 0 Å². The lowest BCUT2D eigenvalue weighted by Gasteiger charge is -2.24. The third kappa shape index (κ3) is 2.36. The van der Waals surface area contributed by atoms with E-state index in [9.17, 15) is 4.79 Å². The molecule has 2 heterocycles. The van der Waals surface area contributed by atoms with E-state index in [1.54, 1.807) is 4.90 Å². The van der Waals surface area contributed by atoms with Crippen LogP contribution in [0.5, 0.6) is 0 Å². The summed E-state index contributed by atoms with van der Waals surface area (Å²) in [5.74, 6) is 1.95. The summed E-state index contributed by atoms with van der Waals surface area (Å²) in [6, 6.07) is 0. The van der Waals surface area contributed by atoms with Crippen LogP contribution in [0.25, 0.3) is 0 Å². The Labute approximate surface area is 113 Å². The van der Waals surface area contributed by atoms with Gasteiger partial charge in [0.15, 0.2) is 5.82 Å². The molecule has 2 N–H and O–H groups in total. The van der Waals surface area contributed by atoms with Crippen LogP contribution in [0.4, 0.5) is 0 Å². The second-order valence-electron chi connectivity index (χ2n) is 5.90. The lowest BCUT2D eigenvalue weighted by atomic mass is 9.91. The van der Waals surface area contributed by atoms with Crippen molar-refractivity contribution in [2.45, 2.75) is 32.7 Å². The molecule has 0 aromatic carbocycles. The van der Waals surface area contributed by atoms with Crippen LogP contribution in [-0.4, -0.2) is 46.1 Å². The summed E-state index contributed by atoms with van der Waals surface area (Å²) in [4.78, 5) is 18.4. The van der Waals surface area contributed by atoms with Crippen molar-refractivity contribution >= 4 is 5.91 Å². The highest BCUT2D eigenvalue weighted by atomic mass is 16.2. The second kappa shape index (κ2) is 4.59. The summed E-state index contributed by atoms with van der Waals surface area (Å²) >= 11 is 0. The van der Waals surface area contributed by atoms with Gasteiger partial charge in [0.25, 0.3) is 0 Å². The fourth-order valence-corrected chi connectivity index (χ4v) is 3.19. The fourth-order valence-electron chi connectivity index (χ4n) is 3.19. The van der Waals surface area contributed by atoms with Crippen molar-refractivity contribution in [1.82, 2.24) is 25.4 Å². The zero-order valence-electron chi connectivity index (χ0n) is 11.6. The molecule has 104 valence electrons. The van der Waals surface area contributed by atoms with Gasteiger partial charge in [0, 0.05) is 13.0 Å². The van der Waals surface area contributed by atoms with Crippen LogP contribution >= 0.6 is 0 Å². The molecule has 6 nitrogen and oxygen atoms in total. The molecule has 1 aliphatic heterocycles. The van der Waals surface area contributed by atoms with Gasteiger partial charge in [-0.25, -0.2) is 4.98 Å². The second-order valence-corrected chi connectivity index (χ2v) is 5.90. The third-order valence-electron chi connectivity index (χ3n) is 4.49. The first kappa shape index (κ1) is 12.6. The molecule has 1 saturated heterocycles. The molecule has 1 spiro atoms. The van der Waals surface area contributed by atoms with Gasteiger partial charge in [-0.05, 0) is 44.7 Å². The number of hydrogen-bond donors (Lipinski definition) is 2. The molecule has 2 aliphatic rings. The van der Waals surface area contributed by atoms with Gasteiger partial charge in [0.2, 0.25) is 5.91 Å². The van der Waals surface area contributed by atoms with Crippen LogP contribution in [-0.2, 0) is 11.3 Å². The van der Waals surface area contributed by atoms with E-state index in [2.05, 4.69) is 20.5 Å². The minimum absolute atomic E-state index is 0.222. The first-order valence-corrected chi connectivity index (χ1v) is 6.94. The van der Waals surface area contributed by atoms with Gasteiger partial charge in [0.1, 0.15) is 5.82 Å². The zero-order chi connectivity index (χ0) is 13.5. The zero-order valence-corrected chi connectivity index (χ0v) is 11.6. The predicted octanol–water partition coefficient (Wildman–Crippen LogP) is 0.461. The predicted molar refractivity (Wildman–Crippen MR) is 70.2 cm³/mol. The van der Waals surface area contributed by atoms with Crippen molar-refractivity contribution in [2.24, 2.45) is 11.3 Å². The Hall–Kier alpha value is -1.43. The number of aromatic amines is 1. The molecule has 19 heavy (non-hydrogen) atoms. The Bertz CT molecular complexity index is 477. The van der Waals surface area contributed by atoms with E-state index in [4.69, 9.17) is 0 Å². The van der Waals surface area contributed by atoms with Gasteiger partial charge < -0.3 is 10.2 Å². The van der Waals surface area contributed by atoms with Gasteiger partial charge in [-0.15, -0.1) is 0 Å². The minimum Gasteiger partial charge on any atom is -0.338 e. The number of piperidine rings is 1. The van der Waals surface area contributed by atoms with Crippen molar-refractivity contribution in [3.63, 3.8) is 0 Å². The van der Waals surface area contributed by atoms with Crippen LogP contribution in [0.15, 0.2) is 0 Å². The Morgan fingerprint density at radius 3 is 2.84 bits per heavy atom. The molecule has 1 aromatic heterocycles. The van der Waals surface area contributed by atoms with Crippen LogP contribution in [0, 0.1) is 18.3 Å². The monoisotopic (exact) mass is 263 g/mol. The Balaban J connectivity index is 1.59. The molecule has 1 unspecified atom stereocenters. The summed E-state index contributed by atoms with van der Waals surface area (Å²) in [5.41, 5.74) is 0.297. The number of hydrogen-bond acceptors (Lipinski definition) is 4. The number of rotatable bonds is 3. The van der Waals surface area contributed by atoms with Crippen LogP contribution < -0.4 is 5.32 Å². The summed E-state index contributed by atoms with van der Waals surface area (Å²) in [6.07, 6.45) is 3.33. The largest absolute Gasteiger partial charge is 0.338 e. The van der Waals surface area contributed by atoms with Gasteiger partial charge in [-0.1, -0.05) is 0 Å². The van der Waals surface area contributed by atoms with Gasteiger partial charge in [-0.3, -0.25) is 9.89 Å². The molecule has 1 saturated carbocycles. The van der Waals surface area contributed by atoms with E-state index in [-0.39, 0.29) is 11.8 Å². The fraction of sp³-hybridized carbons (Fsp3) is 0.769. The average molecular weight is 263 g/mol. The Kier molecular flexibility index (Phi) is 3.05. The Morgan fingerprint density at radius 2 is 2.21 bits per heavy atom. The third-order valence-corrected chi connectivity index (χ3v) is 4.49. The highest BCUT2D eigenvalue weighted by molar-refractivity contribution is 5.82. The number of nitrogens with zero attached hydrogens (tertiary/aromatic N) is 3. The van der Waals surface area contributed by atoms with Crippen LogP contribution in [0.2, 0.25) is 0 Å². The van der Waals surface area contributed by atoms with E-state index in [1.165, 1.54) is 0 Å². The molecular formula is C13H21N5O. The SMILES string of the molecule is Cc1nc(CN(C)C(=O)C2CC23CCNCC3)n[nH]1. The first-order chi connectivity index (χ1) is 9.11. The molecule has 0 bridgehead atoms. The molecule has 1 atom stereocenters. The number of carbonyl (C=O) groups excluding carboxylic acids is 1. The van der Waals surface area contributed by atoms with E-state index in [1.807, 2.05) is 14.0 Å². The molecular weight excluding hydrogens is 242 g/mol. The molecule has 6 heteroatoms. The number of aromatic nitrogens is 3. The number of aryl methyl sites for hydroxylation is 1. The van der Waals surface area contributed by atoms with Crippen molar-refractivity contribution in [3.8, 4) is 0 Å². The quantitative estimate of drug-likeness (QED) is 0.831. The van der Waals surface area contributed by atoms with Crippen molar-refractivity contribution in [1.29, 1.82) is 0 Å². The highest BCUT2D eigenvalue weighted by Crippen LogP contribution is 2.59. The minimum atomic E-state index is 0.222. The van der Waals surface area contributed by atoms with E-state index >= 15 is 0 Å². The first-order valence-electron chi connectivity index (χ1n) is 6.94. The van der Waals surface area contributed by atoms with Crippen LogP contribution in [0.1, 0.15) is 30.9 Å². The molecule has 1 amide bonds. The van der Waals surface area contributed by atoms with Crippen molar-refractivity contribution < 1.29 is 4.79 Å². The van der Waals surface area contributed by atoms with Gasteiger partial charge in [-0.2, -0.15) is 5.10 Å². The lowest BCUT2D eigenvalue weighted by molar-refractivity contribution is -0.132. The number of amides is 1. The maximum atomic E-state index is 12.4. The summed E-state index contributed by atoms with van der Waals surface area (Å²) in [7, 11) is 1.85. The maximum absolute atomic E-state index is 12.4. The standard InChI is InChI=1S/C13H21N5O/c1-9-15-11(17-16-9)8-18(2)12(19)10-7-13(10)3-5-14-6-4-13/h10,14H,3-8H2,1-2H3,(H,15,16,17). The number of carbonyl (C=O) groups is 1. The molecule has 3 rings (SSSR count). The normalized spacial score (nSPS) is 24.4. The van der Waals surface area contributed by atoms with Crippen molar-refractivity contribution in [3.05, 3.63) is 11.6 Å². The van der Waals surface area contributed by atoms with Gasteiger partial charge in [0.05, 0.1) is 6.54 Å². The van der Waals surface area contributed by atoms with E-state index in [0.717, 1.165) is 38.2 Å². The molecule has 0 radical (unpaired) electrons. The van der Waals surface area contributed by atoms with Crippen LogP contribution in [0.3, 0.4) is 0 Å². The molecule has 2 fully saturated rings. The smallest absolute Gasteiger partial charge is 0.226 e. The summed E-state index contributed by atoms with van der Waals surface area (Å²) in [5, 5.41) is 10.3. The summed E-state index contributed by atoms with van der Waals surface area (Å²) in [6.45, 7) is 4.46. The average Bonchev–Trinajstić information content (AvgIpc) is 2.92. The molecule has 1 aromatic rings.